The van der Waals surface area contributed by atoms with Crippen LogP contribution < -0.4 is 4.90 Å². The number of sulfonamides is 1. The van der Waals surface area contributed by atoms with Gasteiger partial charge in [0, 0.05) is 26.2 Å². The van der Waals surface area contributed by atoms with Crippen molar-refractivity contribution in [2.24, 2.45) is 0 Å². The number of aromatic nitrogens is 5. The minimum Gasteiger partial charge on any atom is -0.352 e. The molecule has 2 aromatic heterocycles. The van der Waals surface area contributed by atoms with Crippen LogP contribution >= 0.6 is 0 Å². The van der Waals surface area contributed by atoms with Crippen molar-refractivity contribution in [3.8, 4) is 0 Å². The first-order valence-corrected chi connectivity index (χ1v) is 11.6. The molecule has 2 aromatic carbocycles. The molecule has 0 aliphatic carbocycles. The van der Waals surface area contributed by atoms with Crippen LogP contribution in [-0.2, 0) is 16.6 Å². The lowest BCUT2D eigenvalue weighted by molar-refractivity contribution is 0.384. The van der Waals surface area contributed by atoms with Crippen molar-refractivity contribution < 1.29 is 12.8 Å². The van der Waals surface area contributed by atoms with Crippen molar-refractivity contribution in [2.75, 3.05) is 31.1 Å². The summed E-state index contributed by atoms with van der Waals surface area (Å²) in [6.07, 6.45) is 1.47. The molecule has 164 valence electrons. The van der Waals surface area contributed by atoms with E-state index < -0.39 is 15.8 Å². The van der Waals surface area contributed by atoms with Crippen molar-refractivity contribution in [2.45, 2.75) is 11.4 Å². The van der Waals surface area contributed by atoms with Gasteiger partial charge in [0.25, 0.3) is 0 Å². The Bertz CT molecular complexity index is 1350. The second kappa shape index (κ2) is 8.24. The third-order valence-corrected chi connectivity index (χ3v) is 7.32. The lowest BCUT2D eigenvalue weighted by Gasteiger charge is -2.34. The quantitative estimate of drug-likeness (QED) is 0.455. The third-order valence-electron chi connectivity index (χ3n) is 5.43. The van der Waals surface area contributed by atoms with Gasteiger partial charge in [0.15, 0.2) is 17.0 Å². The van der Waals surface area contributed by atoms with Gasteiger partial charge in [-0.25, -0.2) is 27.5 Å². The maximum Gasteiger partial charge on any atom is 0.243 e. The zero-order valence-electron chi connectivity index (χ0n) is 17.0. The van der Waals surface area contributed by atoms with Gasteiger partial charge < -0.3 is 4.90 Å². The van der Waals surface area contributed by atoms with E-state index >= 15 is 0 Å². The molecule has 0 atom stereocenters. The number of anilines is 1. The van der Waals surface area contributed by atoms with E-state index in [9.17, 15) is 12.8 Å². The van der Waals surface area contributed by atoms with Crippen molar-refractivity contribution >= 4 is 27.0 Å². The molecule has 11 heteroatoms. The van der Waals surface area contributed by atoms with E-state index in [0.29, 0.717) is 36.6 Å². The highest BCUT2D eigenvalue weighted by molar-refractivity contribution is 7.89. The first kappa shape index (κ1) is 20.5. The van der Waals surface area contributed by atoms with Gasteiger partial charge in [0.2, 0.25) is 10.0 Å². The fourth-order valence-electron chi connectivity index (χ4n) is 3.79. The number of fused-ring (bicyclic) bond motifs is 1. The molecule has 1 aliphatic heterocycles. The summed E-state index contributed by atoms with van der Waals surface area (Å²) >= 11 is 0. The minimum absolute atomic E-state index is 0.0424. The Morgan fingerprint density at radius 2 is 1.72 bits per heavy atom. The van der Waals surface area contributed by atoms with E-state index in [1.54, 1.807) is 4.68 Å². The Hall–Kier alpha value is -3.44. The zero-order chi connectivity index (χ0) is 22.1. The van der Waals surface area contributed by atoms with Gasteiger partial charge in [0.1, 0.15) is 12.1 Å². The maximum atomic E-state index is 13.5. The molecule has 0 spiro atoms. The van der Waals surface area contributed by atoms with Gasteiger partial charge in [-0.05, 0) is 23.8 Å². The van der Waals surface area contributed by atoms with Crippen molar-refractivity contribution in [3.63, 3.8) is 0 Å². The molecule has 0 bridgehead atoms. The summed E-state index contributed by atoms with van der Waals surface area (Å²) in [5.41, 5.74) is 2.27. The summed E-state index contributed by atoms with van der Waals surface area (Å²) < 4.78 is 42.3. The molecule has 0 saturated carbocycles. The minimum atomic E-state index is -3.76. The largest absolute Gasteiger partial charge is 0.352 e. The van der Waals surface area contributed by atoms with E-state index in [-0.39, 0.29) is 18.0 Å². The summed E-state index contributed by atoms with van der Waals surface area (Å²) in [5.74, 6) is 0.0452. The van der Waals surface area contributed by atoms with Crippen LogP contribution in [0.4, 0.5) is 10.2 Å². The molecule has 5 rings (SSSR count). The summed E-state index contributed by atoms with van der Waals surface area (Å²) in [7, 11) is -3.76. The second-order valence-corrected chi connectivity index (χ2v) is 9.39. The van der Waals surface area contributed by atoms with Crippen molar-refractivity contribution in [1.82, 2.24) is 29.3 Å². The topological polar surface area (TPSA) is 97.1 Å². The lowest BCUT2D eigenvalue weighted by Crippen LogP contribution is -2.49. The van der Waals surface area contributed by atoms with Crippen molar-refractivity contribution in [3.05, 3.63) is 72.3 Å². The van der Waals surface area contributed by atoms with Crippen molar-refractivity contribution in [1.29, 1.82) is 0 Å². The van der Waals surface area contributed by atoms with Crippen LogP contribution in [0.5, 0.6) is 0 Å². The highest BCUT2D eigenvalue weighted by atomic mass is 32.2. The normalized spacial score (nSPS) is 15.3. The van der Waals surface area contributed by atoms with E-state index in [4.69, 9.17) is 0 Å². The predicted molar refractivity (Wildman–Crippen MR) is 116 cm³/mol. The van der Waals surface area contributed by atoms with Gasteiger partial charge in [0.05, 0.1) is 11.4 Å². The Balaban J connectivity index is 1.35. The molecular weight excluding hydrogens is 433 g/mol. The van der Waals surface area contributed by atoms with Crippen LogP contribution in [-0.4, -0.2) is 63.9 Å². The van der Waals surface area contributed by atoms with Gasteiger partial charge in [-0.2, -0.15) is 4.31 Å². The molecule has 0 unspecified atom stereocenters. The monoisotopic (exact) mass is 453 g/mol. The second-order valence-electron chi connectivity index (χ2n) is 7.45. The standard InChI is InChI=1S/C21H20FN7O2S/c22-17-7-4-8-18(13-17)32(30,31)28-11-9-27(10-12-28)20-19-21(24-15-23-20)29(26-25-19)14-16-5-2-1-3-6-16/h1-8,13,15H,9-12,14H2. The van der Waals surface area contributed by atoms with Crippen LogP contribution in [0.25, 0.3) is 11.2 Å². The smallest absolute Gasteiger partial charge is 0.243 e. The number of benzene rings is 2. The van der Waals surface area contributed by atoms with Crippen LogP contribution in [0.1, 0.15) is 5.56 Å². The van der Waals surface area contributed by atoms with Crippen LogP contribution in [0.15, 0.2) is 65.8 Å². The average molecular weight is 454 g/mol. The van der Waals surface area contributed by atoms with E-state index in [2.05, 4.69) is 20.3 Å². The predicted octanol–water partition coefficient (Wildman–Crippen LogP) is 1.92. The van der Waals surface area contributed by atoms with E-state index in [1.165, 1.54) is 28.8 Å². The summed E-state index contributed by atoms with van der Waals surface area (Å²) in [6.45, 7) is 1.89. The lowest BCUT2D eigenvalue weighted by atomic mass is 10.2. The number of rotatable bonds is 5. The SMILES string of the molecule is O=S(=O)(c1cccc(F)c1)N1CCN(c2ncnc3c2nnn3Cc2ccccc2)CC1. The third kappa shape index (κ3) is 3.80. The molecule has 0 N–H and O–H groups in total. The van der Waals surface area contributed by atoms with Gasteiger partial charge >= 0.3 is 0 Å². The number of hydrogen-bond donors (Lipinski definition) is 0. The maximum absolute atomic E-state index is 13.5. The first-order valence-electron chi connectivity index (χ1n) is 10.1. The summed E-state index contributed by atoms with van der Waals surface area (Å²) in [6, 6.07) is 15.0. The van der Waals surface area contributed by atoms with Crippen LogP contribution in [0.2, 0.25) is 0 Å². The number of halogens is 1. The van der Waals surface area contributed by atoms with E-state index in [0.717, 1.165) is 11.6 Å². The fourth-order valence-corrected chi connectivity index (χ4v) is 5.25. The molecule has 32 heavy (non-hydrogen) atoms. The molecule has 0 amide bonds. The number of nitrogens with zero attached hydrogens (tertiary/aromatic N) is 7. The molecule has 1 saturated heterocycles. The number of hydrogen-bond acceptors (Lipinski definition) is 7. The Morgan fingerprint density at radius 3 is 2.47 bits per heavy atom. The van der Waals surface area contributed by atoms with Crippen LogP contribution in [0.3, 0.4) is 0 Å². The molecule has 4 aromatic rings. The zero-order valence-corrected chi connectivity index (χ0v) is 17.9. The Labute approximate surface area is 184 Å². The highest BCUT2D eigenvalue weighted by Crippen LogP contribution is 2.24. The summed E-state index contributed by atoms with van der Waals surface area (Å²) in [4.78, 5) is 10.7. The van der Waals surface area contributed by atoms with Crippen LogP contribution in [0, 0.1) is 5.82 Å². The Kier molecular flexibility index (Phi) is 5.27. The average Bonchev–Trinajstić information content (AvgIpc) is 3.23. The molecule has 9 nitrogen and oxygen atoms in total. The molecular formula is C21H20FN7O2S. The van der Waals surface area contributed by atoms with Gasteiger partial charge in [-0.1, -0.05) is 41.6 Å². The number of piperazine rings is 1. The molecule has 0 radical (unpaired) electrons. The highest BCUT2D eigenvalue weighted by Gasteiger charge is 2.30. The summed E-state index contributed by atoms with van der Waals surface area (Å²) in [5, 5.41) is 8.53. The first-order chi connectivity index (χ1) is 15.5. The molecule has 3 heterocycles. The molecule has 1 aliphatic rings. The van der Waals surface area contributed by atoms with Gasteiger partial charge in [-0.3, -0.25) is 0 Å². The Morgan fingerprint density at radius 1 is 0.938 bits per heavy atom. The van der Waals surface area contributed by atoms with Gasteiger partial charge in [-0.15, -0.1) is 5.10 Å². The van der Waals surface area contributed by atoms with E-state index in [1.807, 2.05) is 35.2 Å². The fraction of sp³-hybridized carbons (Fsp3) is 0.238. The molecule has 1 fully saturated rings.